The topological polar surface area (TPSA) is 59.6 Å². The van der Waals surface area contributed by atoms with Crippen LogP contribution in [-0.2, 0) is 17.6 Å². The quantitative estimate of drug-likeness (QED) is 0.461. The lowest BCUT2D eigenvalue weighted by atomic mass is 9.86. The van der Waals surface area contributed by atoms with E-state index in [1.54, 1.807) is 30.3 Å². The average Bonchev–Trinajstić information content (AvgIpc) is 3.02. The van der Waals surface area contributed by atoms with Crippen LogP contribution in [0.3, 0.4) is 0 Å². The lowest BCUT2D eigenvalue weighted by Gasteiger charge is -2.32. The Balaban J connectivity index is 1.96. The van der Waals surface area contributed by atoms with E-state index in [1.807, 2.05) is 10.6 Å². The van der Waals surface area contributed by atoms with E-state index in [4.69, 9.17) is 26.0 Å². The number of aliphatic hydroxyl groups excluding tert-OH is 1. The van der Waals surface area contributed by atoms with Gasteiger partial charge in [0.25, 0.3) is 0 Å². The van der Waals surface area contributed by atoms with Crippen LogP contribution in [0, 0.1) is 11.2 Å². The fourth-order valence-electron chi connectivity index (χ4n) is 4.17. The third-order valence-electron chi connectivity index (χ3n) is 5.57. The Labute approximate surface area is 200 Å². The fraction of sp³-hybridized carbons (Fsp3) is 0.360. The number of hydrogen-bond donors (Lipinski definition) is 1. The summed E-state index contributed by atoms with van der Waals surface area (Å²) in [6.45, 7) is 10.5. The number of nitrogens with zero attached hydrogens (tertiary/aromatic N) is 3. The molecule has 0 saturated heterocycles. The van der Waals surface area contributed by atoms with Gasteiger partial charge >= 0.3 is 0 Å². The van der Waals surface area contributed by atoms with Crippen LogP contribution in [0.25, 0.3) is 5.69 Å². The first kappa shape index (κ1) is 23.8. The number of fused-ring (bicyclic) bond motifs is 3. The highest BCUT2D eigenvalue weighted by atomic mass is 35.5. The first-order valence-electron chi connectivity index (χ1n) is 10.9. The highest BCUT2D eigenvalue weighted by Gasteiger charge is 2.35. The summed E-state index contributed by atoms with van der Waals surface area (Å²) in [6, 6.07) is 12.0. The van der Waals surface area contributed by atoms with Crippen molar-refractivity contribution in [2.75, 3.05) is 0 Å². The zero-order valence-corrected chi connectivity index (χ0v) is 21.2. The van der Waals surface area contributed by atoms with E-state index < -0.39 is 9.04 Å². The van der Waals surface area contributed by atoms with Gasteiger partial charge in [0.1, 0.15) is 11.6 Å². The second-order valence-corrected chi connectivity index (χ2v) is 11.9. The van der Waals surface area contributed by atoms with Crippen LogP contribution >= 0.6 is 11.6 Å². The van der Waals surface area contributed by atoms with Gasteiger partial charge in [-0.25, -0.2) is 9.37 Å². The van der Waals surface area contributed by atoms with Crippen molar-refractivity contribution in [2.24, 2.45) is 10.4 Å². The largest absolute Gasteiger partial charge is 0.408 e. The number of aliphatic hydroxyl groups is 1. The van der Waals surface area contributed by atoms with E-state index in [0.29, 0.717) is 33.4 Å². The van der Waals surface area contributed by atoms with Crippen LogP contribution in [0.5, 0.6) is 0 Å². The molecule has 0 fully saturated rings. The van der Waals surface area contributed by atoms with Crippen LogP contribution in [0.2, 0.25) is 18.1 Å². The lowest BCUT2D eigenvalue weighted by molar-refractivity contribution is 0.0805. The molecule has 0 bridgehead atoms. The molecule has 2 aromatic carbocycles. The molecule has 173 valence electrons. The monoisotopic (exact) mass is 484 g/mol. The summed E-state index contributed by atoms with van der Waals surface area (Å²) < 4.78 is 23.0. The zero-order chi connectivity index (χ0) is 23.9. The second kappa shape index (κ2) is 9.14. The SMILES string of the molecule is C[Si](C)OC(c1nc2n(c1CO)-c1ccc(Cl)cc1C(c1ccccc1F)=NC2)C(C)(C)C. The van der Waals surface area contributed by atoms with Crippen molar-refractivity contribution < 1.29 is 13.9 Å². The van der Waals surface area contributed by atoms with E-state index in [9.17, 15) is 9.50 Å². The number of aliphatic imine (C=N–C) groups is 1. The predicted molar refractivity (Wildman–Crippen MR) is 131 cm³/mol. The molecule has 0 amide bonds. The van der Waals surface area contributed by atoms with Crippen LogP contribution in [0.15, 0.2) is 47.5 Å². The molecule has 1 radical (unpaired) electrons. The number of imidazole rings is 1. The van der Waals surface area contributed by atoms with Gasteiger partial charge in [0.05, 0.1) is 42.0 Å². The molecule has 1 aromatic heterocycles. The summed E-state index contributed by atoms with van der Waals surface area (Å²) >= 11 is 6.36. The van der Waals surface area contributed by atoms with Gasteiger partial charge in [-0.1, -0.05) is 44.5 Å². The standard InChI is InChI=1S/C25H28ClFN3O2Si/c1-25(2,3)24(32-33(4)5)23-20(14-31)30-19-11-10-15(26)12-17(19)22(28-13-21(30)29-23)16-8-6-7-9-18(16)27/h6-12,24,31H,13-14H2,1-5H3. The Kier molecular flexibility index (Phi) is 6.60. The van der Waals surface area contributed by atoms with Gasteiger partial charge in [-0.15, -0.1) is 0 Å². The highest BCUT2D eigenvalue weighted by molar-refractivity contribution is 6.48. The van der Waals surface area contributed by atoms with Crippen LogP contribution in [-0.4, -0.2) is 29.4 Å². The van der Waals surface area contributed by atoms with Crippen LogP contribution in [0.1, 0.15) is 55.2 Å². The van der Waals surface area contributed by atoms with E-state index in [-0.39, 0.29) is 30.5 Å². The van der Waals surface area contributed by atoms with Crippen LogP contribution < -0.4 is 0 Å². The van der Waals surface area contributed by atoms with E-state index in [0.717, 1.165) is 11.4 Å². The van der Waals surface area contributed by atoms with Gasteiger partial charge in [0.2, 0.25) is 9.04 Å². The molecule has 0 saturated carbocycles. The predicted octanol–water partition coefficient (Wildman–Crippen LogP) is 5.86. The Morgan fingerprint density at radius 2 is 1.91 bits per heavy atom. The van der Waals surface area contributed by atoms with Gasteiger partial charge in [-0.2, -0.15) is 0 Å². The Morgan fingerprint density at radius 3 is 2.55 bits per heavy atom. The summed E-state index contributed by atoms with van der Waals surface area (Å²) in [6.07, 6.45) is -0.284. The molecule has 0 spiro atoms. The molecule has 3 aromatic rings. The molecule has 1 aliphatic rings. The Bertz CT molecular complexity index is 1220. The minimum Gasteiger partial charge on any atom is -0.408 e. The maximum Gasteiger partial charge on any atom is 0.205 e. The number of halogens is 2. The van der Waals surface area contributed by atoms with Gasteiger partial charge in [-0.05, 0) is 48.8 Å². The first-order valence-corrected chi connectivity index (χ1v) is 13.7. The molecular weight excluding hydrogens is 457 g/mol. The maximum absolute atomic E-state index is 14.7. The molecule has 1 unspecified atom stereocenters. The summed E-state index contributed by atoms with van der Waals surface area (Å²) in [5.74, 6) is 0.314. The smallest absolute Gasteiger partial charge is 0.205 e. The van der Waals surface area contributed by atoms with Crippen molar-refractivity contribution in [3.63, 3.8) is 0 Å². The van der Waals surface area contributed by atoms with Crippen molar-refractivity contribution >= 4 is 26.4 Å². The van der Waals surface area contributed by atoms with Crippen molar-refractivity contribution in [1.29, 1.82) is 0 Å². The molecular formula is C25H28ClFN3O2Si. The van der Waals surface area contributed by atoms with E-state index in [1.165, 1.54) is 6.07 Å². The minimum atomic E-state index is -1.03. The first-order chi connectivity index (χ1) is 15.6. The third-order valence-corrected chi connectivity index (χ3v) is 6.52. The summed E-state index contributed by atoms with van der Waals surface area (Å²) in [4.78, 5) is 9.70. The molecule has 5 nitrogen and oxygen atoms in total. The number of hydrogen-bond acceptors (Lipinski definition) is 4. The van der Waals surface area contributed by atoms with Gasteiger partial charge in [0.15, 0.2) is 0 Å². The minimum absolute atomic E-state index is 0.217. The molecule has 1 aliphatic heterocycles. The van der Waals surface area contributed by atoms with Gasteiger partial charge in [-0.3, -0.25) is 9.56 Å². The lowest BCUT2D eigenvalue weighted by Crippen LogP contribution is -2.27. The molecule has 1 N–H and O–H groups in total. The number of benzene rings is 2. The fourth-order valence-corrected chi connectivity index (χ4v) is 5.27. The molecule has 0 aliphatic carbocycles. The van der Waals surface area contributed by atoms with Crippen molar-refractivity contribution in [3.05, 3.63) is 81.6 Å². The molecule has 8 heteroatoms. The summed E-state index contributed by atoms with van der Waals surface area (Å²) in [5, 5.41) is 11.0. The maximum atomic E-state index is 14.7. The number of rotatable bonds is 5. The highest BCUT2D eigenvalue weighted by Crippen LogP contribution is 2.40. The van der Waals surface area contributed by atoms with Crippen molar-refractivity contribution in [1.82, 2.24) is 9.55 Å². The van der Waals surface area contributed by atoms with E-state index >= 15 is 0 Å². The molecule has 4 rings (SSSR count). The number of aromatic nitrogens is 2. The summed E-state index contributed by atoms with van der Waals surface area (Å²) in [5.41, 5.74) is 3.50. The normalized spacial score (nSPS) is 14.5. The Hall–Kier alpha value is -2.32. The molecule has 33 heavy (non-hydrogen) atoms. The van der Waals surface area contributed by atoms with Gasteiger partial charge in [0, 0.05) is 16.1 Å². The summed E-state index contributed by atoms with van der Waals surface area (Å²) in [7, 11) is -1.03. The van der Waals surface area contributed by atoms with E-state index in [2.05, 4.69) is 33.9 Å². The Morgan fingerprint density at radius 1 is 1.18 bits per heavy atom. The molecule has 2 heterocycles. The van der Waals surface area contributed by atoms with Crippen molar-refractivity contribution in [3.8, 4) is 5.69 Å². The third kappa shape index (κ3) is 4.55. The van der Waals surface area contributed by atoms with Gasteiger partial charge < -0.3 is 9.53 Å². The van der Waals surface area contributed by atoms with Crippen LogP contribution in [0.4, 0.5) is 4.39 Å². The molecule has 1 atom stereocenters. The zero-order valence-electron chi connectivity index (χ0n) is 19.5. The second-order valence-electron chi connectivity index (χ2n) is 9.43. The van der Waals surface area contributed by atoms with Crippen molar-refractivity contribution in [2.45, 2.75) is 53.1 Å². The average molecular weight is 485 g/mol.